The van der Waals surface area contributed by atoms with Gasteiger partial charge in [-0.2, -0.15) is 0 Å². The predicted octanol–water partition coefficient (Wildman–Crippen LogP) is 2.84. The molecule has 132 valence electrons. The number of hydrogen-bond donors (Lipinski definition) is 1. The van der Waals surface area contributed by atoms with Crippen LogP contribution in [-0.4, -0.2) is 40.8 Å². The highest BCUT2D eigenvalue weighted by molar-refractivity contribution is 5.80. The van der Waals surface area contributed by atoms with Gasteiger partial charge in [-0.25, -0.2) is 0 Å². The van der Waals surface area contributed by atoms with E-state index >= 15 is 0 Å². The molecule has 0 aromatic heterocycles. The van der Waals surface area contributed by atoms with Crippen LogP contribution in [0.15, 0.2) is 24.3 Å². The quantitative estimate of drug-likeness (QED) is 0.911. The Morgan fingerprint density at radius 3 is 2.67 bits per heavy atom. The van der Waals surface area contributed by atoms with Crippen molar-refractivity contribution in [3.8, 4) is 5.75 Å². The Hall–Kier alpha value is -2.25. The minimum Gasteiger partial charge on any atom is -0.481 e. The predicted molar refractivity (Wildman–Crippen MR) is 78.4 cm³/mol. The molecule has 2 rings (SSSR count). The molecule has 1 fully saturated rings. The molecule has 1 aliphatic rings. The molecular formula is C16H18F3NO4. The van der Waals surface area contributed by atoms with E-state index in [1.807, 2.05) is 6.92 Å². The molecule has 24 heavy (non-hydrogen) atoms. The number of rotatable bonds is 4. The number of carboxylic acid groups (broad SMARTS) is 1. The molecular weight excluding hydrogens is 327 g/mol. The van der Waals surface area contributed by atoms with Gasteiger partial charge in [0, 0.05) is 12.6 Å². The van der Waals surface area contributed by atoms with E-state index in [0.29, 0.717) is 18.4 Å². The fourth-order valence-corrected chi connectivity index (χ4v) is 2.78. The van der Waals surface area contributed by atoms with Crippen molar-refractivity contribution in [3.63, 3.8) is 0 Å². The van der Waals surface area contributed by atoms with Crippen molar-refractivity contribution in [1.82, 2.24) is 4.90 Å². The van der Waals surface area contributed by atoms with Gasteiger partial charge in [0.25, 0.3) is 0 Å². The molecule has 2 atom stereocenters. The molecule has 1 heterocycles. The van der Waals surface area contributed by atoms with Crippen LogP contribution in [0.1, 0.15) is 25.3 Å². The molecule has 1 saturated heterocycles. The third-order valence-corrected chi connectivity index (χ3v) is 4.04. The van der Waals surface area contributed by atoms with Crippen LogP contribution in [0.5, 0.6) is 5.75 Å². The summed E-state index contributed by atoms with van der Waals surface area (Å²) in [5.41, 5.74) is 0.381. The number of halogens is 3. The zero-order chi connectivity index (χ0) is 17.9. The summed E-state index contributed by atoms with van der Waals surface area (Å²) in [6.07, 6.45) is -3.81. The Balaban J connectivity index is 2.05. The lowest BCUT2D eigenvalue weighted by atomic mass is 9.93. The maximum atomic E-state index is 12.4. The zero-order valence-electron chi connectivity index (χ0n) is 13.0. The van der Waals surface area contributed by atoms with Gasteiger partial charge in [0.1, 0.15) is 5.75 Å². The van der Waals surface area contributed by atoms with Crippen LogP contribution < -0.4 is 4.74 Å². The number of carbonyl (C=O) groups is 2. The first kappa shape index (κ1) is 18.1. The summed E-state index contributed by atoms with van der Waals surface area (Å²) in [7, 11) is 0. The molecule has 0 spiro atoms. The van der Waals surface area contributed by atoms with Crippen molar-refractivity contribution >= 4 is 11.9 Å². The molecule has 2 unspecified atom stereocenters. The standard InChI is InChI=1S/C16H18F3NO4/c1-10-5-6-12(15(22)23)9-20(10)14(21)8-11-3-2-4-13(7-11)24-16(17,18)19/h2-4,7,10,12H,5-6,8-9H2,1H3,(H,22,23). The highest BCUT2D eigenvalue weighted by Gasteiger charge is 2.33. The van der Waals surface area contributed by atoms with Crippen LogP contribution in [0, 0.1) is 5.92 Å². The van der Waals surface area contributed by atoms with E-state index in [9.17, 15) is 22.8 Å². The average Bonchev–Trinajstić information content (AvgIpc) is 2.45. The minimum absolute atomic E-state index is 0.0947. The molecule has 1 aromatic carbocycles. The van der Waals surface area contributed by atoms with Gasteiger partial charge in [-0.1, -0.05) is 12.1 Å². The molecule has 5 nitrogen and oxygen atoms in total. The third-order valence-electron chi connectivity index (χ3n) is 4.04. The van der Waals surface area contributed by atoms with Gasteiger partial charge in [-0.3, -0.25) is 9.59 Å². The summed E-state index contributed by atoms with van der Waals surface area (Å²) in [6.45, 7) is 1.95. The Bertz CT molecular complexity index is 618. The van der Waals surface area contributed by atoms with Gasteiger partial charge in [0.2, 0.25) is 5.91 Å². The molecule has 1 amide bonds. The van der Waals surface area contributed by atoms with E-state index in [2.05, 4.69) is 4.74 Å². The first-order valence-corrected chi connectivity index (χ1v) is 7.52. The topological polar surface area (TPSA) is 66.8 Å². The van der Waals surface area contributed by atoms with Gasteiger partial charge in [-0.15, -0.1) is 13.2 Å². The number of aliphatic carboxylic acids is 1. The van der Waals surface area contributed by atoms with Gasteiger partial charge in [0.05, 0.1) is 12.3 Å². The summed E-state index contributed by atoms with van der Waals surface area (Å²) in [5.74, 6) is -2.24. The fraction of sp³-hybridized carbons (Fsp3) is 0.500. The summed E-state index contributed by atoms with van der Waals surface area (Å²) in [6, 6.07) is 5.14. The first-order valence-electron chi connectivity index (χ1n) is 7.52. The largest absolute Gasteiger partial charge is 0.573 e. The van der Waals surface area contributed by atoms with Crippen molar-refractivity contribution in [3.05, 3.63) is 29.8 Å². The van der Waals surface area contributed by atoms with Gasteiger partial charge >= 0.3 is 12.3 Å². The number of hydrogen-bond acceptors (Lipinski definition) is 3. The smallest absolute Gasteiger partial charge is 0.481 e. The number of amides is 1. The Morgan fingerprint density at radius 1 is 1.33 bits per heavy atom. The van der Waals surface area contributed by atoms with Crippen LogP contribution in [0.25, 0.3) is 0 Å². The molecule has 0 bridgehead atoms. The number of ether oxygens (including phenoxy) is 1. The number of carbonyl (C=O) groups excluding carboxylic acids is 1. The molecule has 1 N–H and O–H groups in total. The molecule has 0 saturated carbocycles. The van der Waals surface area contributed by atoms with Crippen molar-refractivity contribution in [2.45, 2.75) is 38.6 Å². The summed E-state index contributed by atoms with van der Waals surface area (Å²) < 4.78 is 40.6. The molecule has 8 heteroatoms. The van der Waals surface area contributed by atoms with Gasteiger partial charge in [-0.05, 0) is 37.5 Å². The average molecular weight is 345 g/mol. The highest BCUT2D eigenvalue weighted by Crippen LogP contribution is 2.25. The zero-order valence-corrected chi connectivity index (χ0v) is 13.0. The van der Waals surface area contributed by atoms with Crippen LogP contribution in [0.4, 0.5) is 13.2 Å². The minimum atomic E-state index is -4.79. The van der Waals surface area contributed by atoms with Crippen molar-refractivity contribution in [2.24, 2.45) is 5.92 Å². The number of benzene rings is 1. The second-order valence-corrected chi connectivity index (χ2v) is 5.88. The lowest BCUT2D eigenvalue weighted by Gasteiger charge is -2.36. The van der Waals surface area contributed by atoms with E-state index in [4.69, 9.17) is 5.11 Å². The molecule has 1 aromatic rings. The lowest BCUT2D eigenvalue weighted by molar-refractivity contribution is -0.274. The van der Waals surface area contributed by atoms with E-state index in [1.165, 1.54) is 17.0 Å². The maximum Gasteiger partial charge on any atom is 0.573 e. The lowest BCUT2D eigenvalue weighted by Crippen LogP contribution is -2.47. The Kier molecular flexibility index (Phi) is 5.36. The van der Waals surface area contributed by atoms with Crippen molar-refractivity contribution in [2.75, 3.05) is 6.54 Å². The van der Waals surface area contributed by atoms with E-state index in [1.54, 1.807) is 0 Å². The van der Waals surface area contributed by atoms with Crippen LogP contribution in [0.2, 0.25) is 0 Å². The SMILES string of the molecule is CC1CCC(C(=O)O)CN1C(=O)Cc1cccc(OC(F)(F)F)c1. The summed E-state index contributed by atoms with van der Waals surface area (Å²) in [5, 5.41) is 9.10. The summed E-state index contributed by atoms with van der Waals surface area (Å²) in [4.78, 5) is 25.0. The first-order chi connectivity index (χ1) is 11.2. The van der Waals surface area contributed by atoms with Gasteiger partial charge < -0.3 is 14.7 Å². The Morgan fingerprint density at radius 2 is 2.04 bits per heavy atom. The maximum absolute atomic E-state index is 12.4. The fourth-order valence-electron chi connectivity index (χ4n) is 2.78. The van der Waals surface area contributed by atoms with Crippen LogP contribution in [0.3, 0.4) is 0 Å². The number of piperidine rings is 1. The molecule has 0 radical (unpaired) electrons. The van der Waals surface area contributed by atoms with Crippen molar-refractivity contribution in [1.29, 1.82) is 0 Å². The summed E-state index contributed by atoms with van der Waals surface area (Å²) >= 11 is 0. The molecule has 0 aliphatic carbocycles. The number of likely N-dealkylation sites (tertiary alicyclic amines) is 1. The second kappa shape index (κ2) is 7.11. The van der Waals surface area contributed by atoms with E-state index in [0.717, 1.165) is 12.1 Å². The van der Waals surface area contributed by atoms with Crippen LogP contribution >= 0.6 is 0 Å². The van der Waals surface area contributed by atoms with E-state index < -0.39 is 18.2 Å². The number of nitrogens with zero attached hydrogens (tertiary/aromatic N) is 1. The monoisotopic (exact) mass is 345 g/mol. The second-order valence-electron chi connectivity index (χ2n) is 5.88. The normalized spacial score (nSPS) is 21.4. The third kappa shape index (κ3) is 4.87. The highest BCUT2D eigenvalue weighted by atomic mass is 19.4. The number of alkyl halides is 3. The van der Waals surface area contributed by atoms with Gasteiger partial charge in [0.15, 0.2) is 0 Å². The number of carboxylic acids is 1. The van der Waals surface area contributed by atoms with Crippen molar-refractivity contribution < 1.29 is 32.6 Å². The Labute approximate surface area is 137 Å². The van der Waals surface area contributed by atoms with E-state index in [-0.39, 0.29) is 30.7 Å². The molecule has 1 aliphatic heterocycles. The van der Waals surface area contributed by atoms with Crippen LogP contribution in [-0.2, 0) is 16.0 Å².